The van der Waals surface area contributed by atoms with E-state index in [2.05, 4.69) is 21.2 Å². The molecule has 0 unspecified atom stereocenters. The van der Waals surface area contributed by atoms with Crippen molar-refractivity contribution >= 4 is 33.2 Å². The van der Waals surface area contributed by atoms with E-state index in [-0.39, 0.29) is 5.91 Å². The van der Waals surface area contributed by atoms with E-state index in [0.29, 0.717) is 12.1 Å². The number of thiophene rings is 1. The SMILES string of the molecule is Cc1cccc(C(=O)NCc2sccc2Br)c1. The number of carbonyl (C=O) groups is 1. The molecule has 0 bridgehead atoms. The summed E-state index contributed by atoms with van der Waals surface area (Å²) in [6.45, 7) is 2.54. The molecule has 1 heterocycles. The Labute approximate surface area is 113 Å². The first kappa shape index (κ1) is 12.3. The van der Waals surface area contributed by atoms with E-state index < -0.39 is 0 Å². The quantitative estimate of drug-likeness (QED) is 0.919. The fourth-order valence-corrected chi connectivity index (χ4v) is 2.93. The second-order valence-corrected chi connectivity index (χ2v) is 5.60. The van der Waals surface area contributed by atoms with Crippen LogP contribution in [0.15, 0.2) is 40.2 Å². The molecule has 88 valence electrons. The molecule has 0 fully saturated rings. The Kier molecular flexibility index (Phi) is 3.97. The second-order valence-electron chi connectivity index (χ2n) is 3.74. The molecule has 2 nitrogen and oxygen atoms in total. The third kappa shape index (κ3) is 3.17. The van der Waals surface area contributed by atoms with Crippen molar-refractivity contribution in [3.05, 3.63) is 56.2 Å². The van der Waals surface area contributed by atoms with Gasteiger partial charge in [0, 0.05) is 14.9 Å². The van der Waals surface area contributed by atoms with Gasteiger partial charge in [0.2, 0.25) is 0 Å². The third-order valence-electron chi connectivity index (χ3n) is 2.38. The van der Waals surface area contributed by atoms with Crippen LogP contribution < -0.4 is 5.32 Å². The molecule has 2 rings (SSSR count). The summed E-state index contributed by atoms with van der Waals surface area (Å²) >= 11 is 5.07. The van der Waals surface area contributed by atoms with Crippen LogP contribution in [-0.2, 0) is 6.54 Å². The van der Waals surface area contributed by atoms with Crippen molar-refractivity contribution in [2.75, 3.05) is 0 Å². The van der Waals surface area contributed by atoms with Gasteiger partial charge in [-0.15, -0.1) is 11.3 Å². The summed E-state index contributed by atoms with van der Waals surface area (Å²) in [6.07, 6.45) is 0. The molecule has 0 spiro atoms. The highest BCUT2D eigenvalue weighted by molar-refractivity contribution is 9.10. The van der Waals surface area contributed by atoms with Crippen molar-refractivity contribution in [3.8, 4) is 0 Å². The van der Waals surface area contributed by atoms with Crippen molar-refractivity contribution in [3.63, 3.8) is 0 Å². The minimum absolute atomic E-state index is 0.0333. The zero-order chi connectivity index (χ0) is 12.3. The average molecular weight is 310 g/mol. The topological polar surface area (TPSA) is 29.1 Å². The fraction of sp³-hybridized carbons (Fsp3) is 0.154. The van der Waals surface area contributed by atoms with Crippen LogP contribution in [-0.4, -0.2) is 5.91 Å². The molecule has 4 heteroatoms. The Morgan fingerprint density at radius 3 is 2.88 bits per heavy atom. The van der Waals surface area contributed by atoms with Crippen molar-refractivity contribution < 1.29 is 4.79 Å². The monoisotopic (exact) mass is 309 g/mol. The van der Waals surface area contributed by atoms with Gasteiger partial charge < -0.3 is 5.32 Å². The van der Waals surface area contributed by atoms with Gasteiger partial charge >= 0.3 is 0 Å². The summed E-state index contributed by atoms with van der Waals surface area (Å²) in [5, 5.41) is 4.91. The molecule has 2 aromatic rings. The van der Waals surface area contributed by atoms with E-state index in [0.717, 1.165) is 14.9 Å². The summed E-state index contributed by atoms with van der Waals surface area (Å²) in [5.41, 5.74) is 1.80. The summed E-state index contributed by atoms with van der Waals surface area (Å²) in [4.78, 5) is 13.0. The number of carbonyl (C=O) groups excluding carboxylic acids is 1. The average Bonchev–Trinajstić information content (AvgIpc) is 2.72. The number of hydrogen-bond donors (Lipinski definition) is 1. The number of benzene rings is 1. The molecule has 0 saturated heterocycles. The minimum atomic E-state index is -0.0333. The molecule has 1 N–H and O–H groups in total. The van der Waals surface area contributed by atoms with Crippen LogP contribution in [0.1, 0.15) is 20.8 Å². The van der Waals surface area contributed by atoms with E-state index in [9.17, 15) is 4.79 Å². The molecule has 0 atom stereocenters. The molecule has 1 aromatic heterocycles. The van der Waals surface area contributed by atoms with Crippen LogP contribution in [0.4, 0.5) is 0 Å². The summed E-state index contributed by atoms with van der Waals surface area (Å²) in [5.74, 6) is -0.0333. The summed E-state index contributed by atoms with van der Waals surface area (Å²) in [7, 11) is 0. The summed E-state index contributed by atoms with van der Waals surface area (Å²) in [6, 6.07) is 9.57. The van der Waals surface area contributed by atoms with Crippen LogP contribution in [0.25, 0.3) is 0 Å². The number of hydrogen-bond acceptors (Lipinski definition) is 2. The van der Waals surface area contributed by atoms with Crippen LogP contribution in [0, 0.1) is 6.92 Å². The highest BCUT2D eigenvalue weighted by Gasteiger charge is 2.07. The van der Waals surface area contributed by atoms with Crippen LogP contribution in [0.3, 0.4) is 0 Å². The Morgan fingerprint density at radius 1 is 1.41 bits per heavy atom. The molecule has 0 aliphatic carbocycles. The van der Waals surface area contributed by atoms with Crippen molar-refractivity contribution in [1.82, 2.24) is 5.32 Å². The standard InChI is InChI=1S/C13H12BrNOS/c1-9-3-2-4-10(7-9)13(16)15-8-12-11(14)5-6-17-12/h2-7H,8H2,1H3,(H,15,16). The Balaban J connectivity index is 2.01. The highest BCUT2D eigenvalue weighted by atomic mass is 79.9. The molecule has 1 aromatic carbocycles. The molecule has 0 aliphatic rings. The Morgan fingerprint density at radius 2 is 2.24 bits per heavy atom. The maximum atomic E-state index is 11.9. The molecular weight excluding hydrogens is 298 g/mol. The van der Waals surface area contributed by atoms with E-state index in [1.807, 2.05) is 42.6 Å². The third-order valence-corrected chi connectivity index (χ3v) is 4.31. The van der Waals surface area contributed by atoms with E-state index >= 15 is 0 Å². The largest absolute Gasteiger partial charge is 0.347 e. The predicted molar refractivity (Wildman–Crippen MR) is 74.4 cm³/mol. The van der Waals surface area contributed by atoms with Crippen molar-refractivity contribution in [1.29, 1.82) is 0 Å². The lowest BCUT2D eigenvalue weighted by Gasteiger charge is -2.05. The first-order valence-electron chi connectivity index (χ1n) is 5.23. The van der Waals surface area contributed by atoms with Gasteiger partial charge in [0.25, 0.3) is 5.91 Å². The number of halogens is 1. The predicted octanol–water partition coefficient (Wildman–Crippen LogP) is 3.75. The van der Waals surface area contributed by atoms with Gasteiger partial charge in [-0.1, -0.05) is 17.7 Å². The molecule has 0 radical (unpaired) electrons. The zero-order valence-corrected chi connectivity index (χ0v) is 11.8. The zero-order valence-electron chi connectivity index (χ0n) is 9.37. The fourth-order valence-electron chi connectivity index (χ4n) is 1.50. The van der Waals surface area contributed by atoms with Gasteiger partial charge in [0.05, 0.1) is 6.54 Å². The van der Waals surface area contributed by atoms with Crippen LogP contribution >= 0.6 is 27.3 Å². The van der Waals surface area contributed by atoms with Crippen molar-refractivity contribution in [2.45, 2.75) is 13.5 Å². The van der Waals surface area contributed by atoms with E-state index in [1.165, 1.54) is 0 Å². The lowest BCUT2D eigenvalue weighted by atomic mass is 10.1. The maximum absolute atomic E-state index is 11.9. The lowest BCUT2D eigenvalue weighted by Crippen LogP contribution is -2.22. The smallest absolute Gasteiger partial charge is 0.251 e. The van der Waals surface area contributed by atoms with Gasteiger partial charge in [-0.25, -0.2) is 0 Å². The molecule has 0 aliphatic heterocycles. The van der Waals surface area contributed by atoms with Gasteiger partial charge in [-0.2, -0.15) is 0 Å². The number of amides is 1. The maximum Gasteiger partial charge on any atom is 0.251 e. The molecule has 1 amide bonds. The summed E-state index contributed by atoms with van der Waals surface area (Å²) < 4.78 is 1.05. The number of aryl methyl sites for hydroxylation is 1. The van der Waals surface area contributed by atoms with Gasteiger partial charge in [0.1, 0.15) is 0 Å². The van der Waals surface area contributed by atoms with Gasteiger partial charge in [-0.3, -0.25) is 4.79 Å². The lowest BCUT2D eigenvalue weighted by molar-refractivity contribution is 0.0951. The molecule has 0 saturated carbocycles. The van der Waals surface area contributed by atoms with Gasteiger partial charge in [0.15, 0.2) is 0 Å². The molecule has 17 heavy (non-hydrogen) atoms. The molecular formula is C13H12BrNOS. The van der Waals surface area contributed by atoms with Crippen LogP contribution in [0.5, 0.6) is 0 Å². The van der Waals surface area contributed by atoms with Crippen LogP contribution in [0.2, 0.25) is 0 Å². The Bertz CT molecular complexity index is 536. The second kappa shape index (κ2) is 5.47. The Hall–Kier alpha value is -1.13. The van der Waals surface area contributed by atoms with E-state index in [4.69, 9.17) is 0 Å². The normalized spacial score (nSPS) is 10.2. The van der Waals surface area contributed by atoms with E-state index in [1.54, 1.807) is 11.3 Å². The van der Waals surface area contributed by atoms with Gasteiger partial charge in [-0.05, 0) is 46.4 Å². The first-order valence-corrected chi connectivity index (χ1v) is 6.91. The minimum Gasteiger partial charge on any atom is -0.347 e. The number of rotatable bonds is 3. The highest BCUT2D eigenvalue weighted by Crippen LogP contribution is 2.22. The first-order chi connectivity index (χ1) is 8.16. The number of nitrogens with one attached hydrogen (secondary N) is 1. The van der Waals surface area contributed by atoms with Crippen molar-refractivity contribution in [2.24, 2.45) is 0 Å².